The standard InChI is InChI=1S/C16H24O5/c1-14(2,3)13(18)21-16-6-10-5-15(9-16,19-4)7-11(8-16)20-12(10)17/h10-11H,5-9H2,1-4H3. The zero-order valence-electron chi connectivity index (χ0n) is 13.2. The molecule has 4 aliphatic rings. The molecule has 2 aliphatic carbocycles. The quantitative estimate of drug-likeness (QED) is 0.731. The molecule has 0 aromatic rings. The van der Waals surface area contributed by atoms with Gasteiger partial charge in [-0.1, -0.05) is 0 Å². The summed E-state index contributed by atoms with van der Waals surface area (Å²) in [5.41, 5.74) is -1.56. The molecule has 21 heavy (non-hydrogen) atoms. The summed E-state index contributed by atoms with van der Waals surface area (Å²) >= 11 is 0. The van der Waals surface area contributed by atoms with Crippen LogP contribution < -0.4 is 0 Å². The molecule has 5 heteroatoms. The molecule has 2 heterocycles. The summed E-state index contributed by atoms with van der Waals surface area (Å²) in [5.74, 6) is -0.602. The Balaban J connectivity index is 1.92. The van der Waals surface area contributed by atoms with Crippen LogP contribution in [0.4, 0.5) is 0 Å². The van der Waals surface area contributed by atoms with Gasteiger partial charge in [0.25, 0.3) is 0 Å². The van der Waals surface area contributed by atoms with Crippen molar-refractivity contribution in [1.29, 1.82) is 0 Å². The molecule has 0 spiro atoms. The van der Waals surface area contributed by atoms with Gasteiger partial charge in [0, 0.05) is 32.8 Å². The van der Waals surface area contributed by atoms with Gasteiger partial charge in [-0.15, -0.1) is 0 Å². The molecule has 0 radical (unpaired) electrons. The monoisotopic (exact) mass is 296 g/mol. The van der Waals surface area contributed by atoms with Crippen molar-refractivity contribution in [2.24, 2.45) is 11.3 Å². The maximum absolute atomic E-state index is 12.3. The van der Waals surface area contributed by atoms with Gasteiger partial charge in [-0.25, -0.2) is 0 Å². The van der Waals surface area contributed by atoms with Crippen molar-refractivity contribution in [3.8, 4) is 0 Å². The Kier molecular flexibility index (Phi) is 3.14. The fourth-order valence-corrected chi connectivity index (χ4v) is 4.13. The molecule has 2 saturated heterocycles. The molecular formula is C16H24O5. The van der Waals surface area contributed by atoms with E-state index in [4.69, 9.17) is 14.2 Å². The third-order valence-electron chi connectivity index (χ3n) is 5.05. The van der Waals surface area contributed by atoms with E-state index in [1.807, 2.05) is 20.8 Å². The summed E-state index contributed by atoms with van der Waals surface area (Å²) in [5, 5.41) is 0. The Hall–Kier alpha value is -1.10. The van der Waals surface area contributed by atoms with Crippen LogP contribution in [0.2, 0.25) is 0 Å². The topological polar surface area (TPSA) is 61.8 Å². The van der Waals surface area contributed by atoms with Crippen LogP contribution in [0.3, 0.4) is 0 Å². The first-order valence-corrected chi connectivity index (χ1v) is 7.66. The van der Waals surface area contributed by atoms with Crippen LogP contribution in [0, 0.1) is 11.3 Å². The van der Waals surface area contributed by atoms with Crippen LogP contribution in [-0.2, 0) is 23.8 Å². The molecule has 118 valence electrons. The Labute approximate surface area is 125 Å². The molecule has 4 rings (SSSR count). The highest BCUT2D eigenvalue weighted by Crippen LogP contribution is 2.54. The van der Waals surface area contributed by atoms with E-state index >= 15 is 0 Å². The lowest BCUT2D eigenvalue weighted by atomic mass is 9.62. The summed E-state index contributed by atoms with van der Waals surface area (Å²) in [6, 6.07) is 0. The second-order valence-corrected chi connectivity index (χ2v) is 7.96. The van der Waals surface area contributed by atoms with Crippen LogP contribution in [0.15, 0.2) is 0 Å². The predicted octanol–water partition coefficient (Wildman–Crippen LogP) is 2.22. The maximum atomic E-state index is 12.3. The van der Waals surface area contributed by atoms with Crippen molar-refractivity contribution in [1.82, 2.24) is 0 Å². The second kappa shape index (κ2) is 4.45. The van der Waals surface area contributed by atoms with E-state index in [2.05, 4.69) is 0 Å². The summed E-state index contributed by atoms with van der Waals surface area (Å²) in [7, 11) is 1.68. The number of hydrogen-bond donors (Lipinski definition) is 0. The van der Waals surface area contributed by atoms with Gasteiger partial charge in [0.2, 0.25) is 0 Å². The molecule has 4 atom stereocenters. The molecule has 0 aromatic carbocycles. The van der Waals surface area contributed by atoms with Crippen LogP contribution in [0.1, 0.15) is 52.9 Å². The Bertz CT molecular complexity index is 480. The maximum Gasteiger partial charge on any atom is 0.311 e. The lowest BCUT2D eigenvalue weighted by Crippen LogP contribution is -2.57. The normalized spacial score (nSPS) is 41.6. The summed E-state index contributed by atoms with van der Waals surface area (Å²) in [6.45, 7) is 5.53. The van der Waals surface area contributed by atoms with Gasteiger partial charge in [-0.05, 0) is 27.2 Å². The number of methoxy groups -OCH3 is 1. The van der Waals surface area contributed by atoms with Gasteiger partial charge >= 0.3 is 11.9 Å². The molecule has 5 nitrogen and oxygen atoms in total. The van der Waals surface area contributed by atoms with Crippen molar-refractivity contribution in [3.63, 3.8) is 0 Å². The number of ether oxygens (including phenoxy) is 3. The number of hydrogen-bond acceptors (Lipinski definition) is 5. The van der Waals surface area contributed by atoms with Gasteiger partial charge in [0.15, 0.2) is 0 Å². The summed E-state index contributed by atoms with van der Waals surface area (Å²) in [6.07, 6.45) is 3.01. The third-order valence-corrected chi connectivity index (χ3v) is 5.05. The molecule has 0 N–H and O–H groups in total. The van der Waals surface area contributed by atoms with Gasteiger partial charge < -0.3 is 14.2 Å². The lowest BCUT2D eigenvalue weighted by Gasteiger charge is -2.51. The van der Waals surface area contributed by atoms with Crippen LogP contribution in [-0.4, -0.2) is 36.4 Å². The fourth-order valence-electron chi connectivity index (χ4n) is 4.13. The molecule has 0 amide bonds. The predicted molar refractivity (Wildman–Crippen MR) is 74.5 cm³/mol. The fraction of sp³-hybridized carbons (Fsp3) is 0.875. The summed E-state index contributed by atoms with van der Waals surface area (Å²) in [4.78, 5) is 24.5. The van der Waals surface area contributed by atoms with Crippen molar-refractivity contribution >= 4 is 11.9 Å². The molecule has 4 fully saturated rings. The molecule has 2 saturated carbocycles. The highest BCUT2D eigenvalue weighted by Gasteiger charge is 2.61. The van der Waals surface area contributed by atoms with Gasteiger partial charge in [0.1, 0.15) is 11.7 Å². The van der Waals surface area contributed by atoms with E-state index < -0.39 is 16.6 Å². The van der Waals surface area contributed by atoms with E-state index in [-0.39, 0.29) is 24.0 Å². The minimum atomic E-state index is -0.613. The number of rotatable bonds is 2. The van der Waals surface area contributed by atoms with Gasteiger partial charge in [-0.3, -0.25) is 9.59 Å². The van der Waals surface area contributed by atoms with Crippen molar-refractivity contribution < 1.29 is 23.8 Å². The lowest BCUT2D eigenvalue weighted by molar-refractivity contribution is -0.206. The van der Waals surface area contributed by atoms with E-state index in [1.165, 1.54) is 0 Å². The van der Waals surface area contributed by atoms with Crippen LogP contribution in [0.5, 0.6) is 0 Å². The van der Waals surface area contributed by atoms with Crippen molar-refractivity contribution in [3.05, 3.63) is 0 Å². The van der Waals surface area contributed by atoms with E-state index in [0.717, 1.165) is 0 Å². The molecule has 2 aliphatic heterocycles. The Morgan fingerprint density at radius 2 is 1.81 bits per heavy atom. The summed E-state index contributed by atoms with van der Waals surface area (Å²) < 4.78 is 17.2. The van der Waals surface area contributed by atoms with Crippen molar-refractivity contribution in [2.45, 2.75) is 70.2 Å². The zero-order chi connectivity index (χ0) is 15.5. The van der Waals surface area contributed by atoms with E-state index in [0.29, 0.717) is 32.1 Å². The Morgan fingerprint density at radius 1 is 1.19 bits per heavy atom. The highest BCUT2D eigenvalue weighted by atomic mass is 16.6. The largest absolute Gasteiger partial charge is 0.462 e. The zero-order valence-corrected chi connectivity index (χ0v) is 13.2. The first-order chi connectivity index (χ1) is 9.67. The molecule has 4 bridgehead atoms. The minimum Gasteiger partial charge on any atom is -0.462 e. The van der Waals surface area contributed by atoms with E-state index in [9.17, 15) is 9.59 Å². The number of esters is 2. The second-order valence-electron chi connectivity index (χ2n) is 7.96. The minimum absolute atomic E-state index is 0.160. The number of carbonyl (C=O) groups is 2. The SMILES string of the molecule is COC12CC3CC(OC(=O)C(C)(C)C)(CC(C1)C(=O)O3)C2. The first kappa shape index (κ1) is 14.8. The molecule has 0 aromatic heterocycles. The first-order valence-electron chi connectivity index (χ1n) is 7.66. The molecular weight excluding hydrogens is 272 g/mol. The van der Waals surface area contributed by atoms with Gasteiger partial charge in [-0.2, -0.15) is 0 Å². The van der Waals surface area contributed by atoms with Crippen LogP contribution >= 0.6 is 0 Å². The van der Waals surface area contributed by atoms with Crippen LogP contribution in [0.25, 0.3) is 0 Å². The van der Waals surface area contributed by atoms with Gasteiger partial charge in [0.05, 0.1) is 16.9 Å². The van der Waals surface area contributed by atoms with Crippen molar-refractivity contribution in [2.75, 3.05) is 7.11 Å². The average molecular weight is 296 g/mol. The third kappa shape index (κ3) is 2.45. The average Bonchev–Trinajstić information content (AvgIpc) is 2.50. The number of carbonyl (C=O) groups excluding carboxylic acids is 2. The Morgan fingerprint density at radius 3 is 2.43 bits per heavy atom. The highest BCUT2D eigenvalue weighted by molar-refractivity contribution is 5.77. The molecule has 4 unspecified atom stereocenters. The van der Waals surface area contributed by atoms with E-state index in [1.54, 1.807) is 7.11 Å². The number of fused-ring (bicyclic) bond motifs is 1. The smallest absolute Gasteiger partial charge is 0.311 e.